The number of rotatable bonds is 6. The summed E-state index contributed by atoms with van der Waals surface area (Å²) in [6.45, 7) is 5.69. The molecule has 0 aromatic carbocycles. The molecule has 1 heterocycles. The van der Waals surface area contributed by atoms with Gasteiger partial charge in [-0.3, -0.25) is 4.79 Å². The average Bonchev–Trinajstić information content (AvgIpc) is 3.08. The van der Waals surface area contributed by atoms with Crippen LogP contribution in [0.1, 0.15) is 24.1 Å². The van der Waals surface area contributed by atoms with Crippen LogP contribution in [0.5, 0.6) is 0 Å². The second-order valence-corrected chi connectivity index (χ2v) is 6.15. The molecule has 0 aliphatic heterocycles. The predicted octanol–water partition coefficient (Wildman–Crippen LogP) is 3.06. The van der Waals surface area contributed by atoms with Crippen LogP contribution in [-0.2, 0) is 11.3 Å². The Balaban J connectivity index is 0.00000200. The third-order valence-corrected chi connectivity index (χ3v) is 4.73. The number of carbonyl (C=O) groups is 1. The van der Waals surface area contributed by atoms with E-state index in [1.165, 1.54) is 4.88 Å². The summed E-state index contributed by atoms with van der Waals surface area (Å²) in [5, 5.41) is 2.05. The zero-order chi connectivity index (χ0) is 13.7. The lowest BCUT2D eigenvalue weighted by atomic mass is 9.94. The third-order valence-electron chi connectivity index (χ3n) is 3.87. The zero-order valence-electron chi connectivity index (χ0n) is 11.7. The van der Waals surface area contributed by atoms with Crippen molar-refractivity contribution < 1.29 is 4.79 Å². The SMILES string of the molecule is C=CCN(Cc1cccs1)C(=O)[C@@H]1CCC[C@@H]1CN.Cl. The first-order valence-electron chi connectivity index (χ1n) is 6.88. The number of thiophene rings is 1. The van der Waals surface area contributed by atoms with Crippen LogP contribution in [0.15, 0.2) is 30.2 Å². The fourth-order valence-corrected chi connectivity index (χ4v) is 3.58. The molecule has 1 aliphatic rings. The van der Waals surface area contributed by atoms with Crippen LogP contribution >= 0.6 is 23.7 Å². The van der Waals surface area contributed by atoms with E-state index in [2.05, 4.69) is 12.6 Å². The van der Waals surface area contributed by atoms with Crippen LogP contribution in [0.4, 0.5) is 0 Å². The Morgan fingerprint density at radius 3 is 2.95 bits per heavy atom. The normalized spacial score (nSPS) is 21.2. The highest BCUT2D eigenvalue weighted by Gasteiger charge is 2.34. The van der Waals surface area contributed by atoms with Gasteiger partial charge in [-0.25, -0.2) is 0 Å². The van der Waals surface area contributed by atoms with Gasteiger partial charge in [0, 0.05) is 17.3 Å². The number of amides is 1. The predicted molar refractivity (Wildman–Crippen MR) is 87.1 cm³/mol. The topological polar surface area (TPSA) is 46.3 Å². The van der Waals surface area contributed by atoms with Gasteiger partial charge in [0.25, 0.3) is 0 Å². The molecule has 1 amide bonds. The molecule has 20 heavy (non-hydrogen) atoms. The van der Waals surface area contributed by atoms with Gasteiger partial charge >= 0.3 is 0 Å². The van der Waals surface area contributed by atoms with Gasteiger partial charge in [0.2, 0.25) is 5.91 Å². The highest BCUT2D eigenvalue weighted by atomic mass is 35.5. The number of nitrogens with two attached hydrogens (primary N) is 1. The van der Waals surface area contributed by atoms with Gasteiger partial charge < -0.3 is 10.6 Å². The molecule has 0 bridgehead atoms. The Morgan fingerprint density at radius 2 is 2.35 bits per heavy atom. The number of hydrogen-bond donors (Lipinski definition) is 1. The number of hydrogen-bond acceptors (Lipinski definition) is 3. The van der Waals surface area contributed by atoms with Crippen LogP contribution in [0.3, 0.4) is 0 Å². The monoisotopic (exact) mass is 314 g/mol. The molecule has 1 saturated carbocycles. The second-order valence-electron chi connectivity index (χ2n) is 5.12. The molecule has 5 heteroatoms. The summed E-state index contributed by atoms with van der Waals surface area (Å²) >= 11 is 1.69. The van der Waals surface area contributed by atoms with E-state index in [1.807, 2.05) is 16.3 Å². The molecule has 2 N–H and O–H groups in total. The highest BCUT2D eigenvalue weighted by Crippen LogP contribution is 2.32. The van der Waals surface area contributed by atoms with Crippen LogP contribution in [0, 0.1) is 11.8 Å². The van der Waals surface area contributed by atoms with Crippen LogP contribution in [0.25, 0.3) is 0 Å². The van der Waals surface area contributed by atoms with Crippen molar-refractivity contribution in [3.63, 3.8) is 0 Å². The van der Waals surface area contributed by atoms with Crippen LogP contribution in [-0.4, -0.2) is 23.9 Å². The minimum absolute atomic E-state index is 0. The molecule has 112 valence electrons. The van der Waals surface area contributed by atoms with Gasteiger partial charge in [0.05, 0.1) is 6.54 Å². The first-order chi connectivity index (χ1) is 9.26. The minimum Gasteiger partial charge on any atom is -0.334 e. The Bertz CT molecular complexity index is 422. The lowest BCUT2D eigenvalue weighted by Crippen LogP contribution is -2.38. The minimum atomic E-state index is 0. The van der Waals surface area contributed by atoms with Crippen molar-refractivity contribution in [3.8, 4) is 0 Å². The first-order valence-corrected chi connectivity index (χ1v) is 7.76. The summed E-state index contributed by atoms with van der Waals surface area (Å²) in [7, 11) is 0. The molecule has 2 atom stereocenters. The average molecular weight is 315 g/mol. The lowest BCUT2D eigenvalue weighted by Gasteiger charge is -2.26. The molecule has 0 spiro atoms. The van der Waals surface area contributed by atoms with E-state index in [0.29, 0.717) is 25.6 Å². The quantitative estimate of drug-likeness (QED) is 0.820. The van der Waals surface area contributed by atoms with Gasteiger partial charge in [-0.05, 0) is 36.8 Å². The van der Waals surface area contributed by atoms with Crippen molar-refractivity contribution in [3.05, 3.63) is 35.0 Å². The van der Waals surface area contributed by atoms with Crippen molar-refractivity contribution in [2.75, 3.05) is 13.1 Å². The summed E-state index contributed by atoms with van der Waals surface area (Å²) in [6.07, 6.45) is 5.00. The van der Waals surface area contributed by atoms with E-state index in [9.17, 15) is 4.79 Å². The Labute approximate surface area is 131 Å². The van der Waals surface area contributed by atoms with E-state index in [4.69, 9.17) is 5.73 Å². The van der Waals surface area contributed by atoms with Crippen molar-refractivity contribution in [1.82, 2.24) is 4.90 Å². The molecular weight excluding hydrogens is 292 g/mol. The van der Waals surface area contributed by atoms with Gasteiger partial charge in [-0.15, -0.1) is 30.3 Å². The second kappa shape index (κ2) is 8.45. The van der Waals surface area contributed by atoms with Crippen LogP contribution in [0.2, 0.25) is 0 Å². The van der Waals surface area contributed by atoms with Gasteiger partial charge in [-0.2, -0.15) is 0 Å². The van der Waals surface area contributed by atoms with Crippen molar-refractivity contribution in [2.24, 2.45) is 17.6 Å². The molecule has 0 radical (unpaired) electrons. The van der Waals surface area contributed by atoms with Crippen molar-refractivity contribution in [1.29, 1.82) is 0 Å². The zero-order valence-corrected chi connectivity index (χ0v) is 13.3. The Kier molecular flexibility index (Phi) is 7.27. The largest absolute Gasteiger partial charge is 0.334 e. The third kappa shape index (κ3) is 4.08. The molecule has 0 saturated heterocycles. The molecular formula is C15H23ClN2OS. The summed E-state index contributed by atoms with van der Waals surface area (Å²) in [6, 6.07) is 4.10. The maximum atomic E-state index is 12.7. The van der Waals surface area contributed by atoms with E-state index >= 15 is 0 Å². The summed E-state index contributed by atoms with van der Waals surface area (Å²) < 4.78 is 0. The van der Waals surface area contributed by atoms with Crippen LogP contribution < -0.4 is 5.73 Å². The fourth-order valence-electron chi connectivity index (χ4n) is 2.86. The maximum Gasteiger partial charge on any atom is 0.226 e. The van der Waals surface area contributed by atoms with Gasteiger partial charge in [0.15, 0.2) is 0 Å². The maximum absolute atomic E-state index is 12.7. The lowest BCUT2D eigenvalue weighted by molar-refractivity contribution is -0.136. The molecule has 0 unspecified atom stereocenters. The molecule has 2 rings (SSSR count). The summed E-state index contributed by atoms with van der Waals surface area (Å²) in [5.41, 5.74) is 5.78. The summed E-state index contributed by atoms with van der Waals surface area (Å²) in [5.74, 6) is 0.731. The Hall–Kier alpha value is -0.840. The van der Waals surface area contributed by atoms with Crippen molar-refractivity contribution in [2.45, 2.75) is 25.8 Å². The molecule has 1 aromatic rings. The molecule has 1 aromatic heterocycles. The molecule has 1 aliphatic carbocycles. The summed E-state index contributed by atoms with van der Waals surface area (Å²) in [4.78, 5) is 15.8. The van der Waals surface area contributed by atoms with E-state index in [0.717, 1.165) is 19.3 Å². The van der Waals surface area contributed by atoms with E-state index < -0.39 is 0 Å². The Morgan fingerprint density at radius 1 is 1.55 bits per heavy atom. The van der Waals surface area contributed by atoms with E-state index in [1.54, 1.807) is 17.4 Å². The smallest absolute Gasteiger partial charge is 0.226 e. The standard InChI is InChI=1S/C15H22N2OS.ClH/c1-2-8-17(11-13-6-4-9-19-13)15(18)14-7-3-5-12(14)10-16;/h2,4,6,9,12,14H,1,3,5,7-8,10-11,16H2;1H/t12-,14-;/m1./s1. The fraction of sp³-hybridized carbons (Fsp3) is 0.533. The molecule has 3 nitrogen and oxygen atoms in total. The van der Waals surface area contributed by atoms with E-state index in [-0.39, 0.29) is 24.2 Å². The number of halogens is 1. The highest BCUT2D eigenvalue weighted by molar-refractivity contribution is 7.09. The number of carbonyl (C=O) groups excluding carboxylic acids is 1. The van der Waals surface area contributed by atoms with Crippen molar-refractivity contribution >= 4 is 29.7 Å². The van der Waals surface area contributed by atoms with Gasteiger partial charge in [-0.1, -0.05) is 18.6 Å². The van der Waals surface area contributed by atoms with Gasteiger partial charge in [0.1, 0.15) is 0 Å². The molecule has 1 fully saturated rings. The first kappa shape index (κ1) is 17.2. The number of nitrogens with zero attached hydrogens (tertiary/aromatic N) is 1.